The molecule has 2 N–H and O–H groups in total. The monoisotopic (exact) mass is 352 g/mol. The molecule has 25 heavy (non-hydrogen) atoms. The molecule has 0 radical (unpaired) electrons. The van der Waals surface area contributed by atoms with Crippen molar-refractivity contribution in [3.63, 3.8) is 0 Å². The Morgan fingerprint density at radius 1 is 1.16 bits per heavy atom. The summed E-state index contributed by atoms with van der Waals surface area (Å²) in [6, 6.07) is 12.8. The zero-order valence-electron chi connectivity index (χ0n) is 13.7. The molecule has 6 heteroatoms. The Morgan fingerprint density at radius 2 is 2.04 bits per heavy atom. The molecule has 0 fully saturated rings. The summed E-state index contributed by atoms with van der Waals surface area (Å²) in [5.74, 6) is 0.408. The van der Waals surface area contributed by atoms with E-state index in [1.165, 1.54) is 0 Å². The number of carbonyl (C=O) groups is 1. The van der Waals surface area contributed by atoms with E-state index in [4.69, 9.17) is 11.6 Å². The lowest BCUT2D eigenvalue weighted by Gasteiger charge is -2.09. The van der Waals surface area contributed by atoms with Crippen molar-refractivity contribution in [2.45, 2.75) is 13.5 Å². The van der Waals surface area contributed by atoms with Crippen molar-refractivity contribution in [2.24, 2.45) is 0 Å². The molecule has 3 rings (SSSR count). The van der Waals surface area contributed by atoms with Crippen LogP contribution in [0.2, 0.25) is 5.02 Å². The van der Waals surface area contributed by atoms with E-state index in [1.807, 2.05) is 37.3 Å². The third-order valence-corrected chi connectivity index (χ3v) is 4.05. The lowest BCUT2D eigenvalue weighted by molar-refractivity contribution is 0.0951. The molecule has 1 aromatic carbocycles. The van der Waals surface area contributed by atoms with E-state index in [0.717, 1.165) is 16.8 Å². The highest BCUT2D eigenvalue weighted by Gasteiger charge is 2.07. The van der Waals surface area contributed by atoms with E-state index in [9.17, 15) is 4.79 Å². The van der Waals surface area contributed by atoms with Gasteiger partial charge in [0.15, 0.2) is 0 Å². The van der Waals surface area contributed by atoms with Crippen molar-refractivity contribution in [2.75, 3.05) is 5.32 Å². The molecule has 1 amide bonds. The van der Waals surface area contributed by atoms with Crippen LogP contribution in [-0.4, -0.2) is 15.9 Å². The summed E-state index contributed by atoms with van der Waals surface area (Å²) in [6.07, 6.45) is 5.02. The Balaban J connectivity index is 1.68. The van der Waals surface area contributed by atoms with Crippen molar-refractivity contribution >= 4 is 29.0 Å². The molecule has 0 saturated carbocycles. The van der Waals surface area contributed by atoms with Gasteiger partial charge >= 0.3 is 0 Å². The molecule has 0 aliphatic heterocycles. The zero-order chi connectivity index (χ0) is 17.6. The number of halogens is 1. The minimum atomic E-state index is -0.170. The molecular formula is C19H17ClN4O. The lowest BCUT2D eigenvalue weighted by Crippen LogP contribution is -2.23. The van der Waals surface area contributed by atoms with Crippen LogP contribution in [0.25, 0.3) is 0 Å². The van der Waals surface area contributed by atoms with Gasteiger partial charge in [-0.25, -0.2) is 4.98 Å². The largest absolute Gasteiger partial charge is 0.348 e. The molecule has 0 unspecified atom stereocenters. The number of aryl methyl sites for hydroxylation is 1. The van der Waals surface area contributed by atoms with Crippen LogP contribution in [0.5, 0.6) is 0 Å². The highest BCUT2D eigenvalue weighted by atomic mass is 35.5. The molecule has 5 nitrogen and oxygen atoms in total. The van der Waals surface area contributed by atoms with Crippen molar-refractivity contribution in [1.82, 2.24) is 15.3 Å². The third-order valence-electron chi connectivity index (χ3n) is 3.64. The van der Waals surface area contributed by atoms with Crippen LogP contribution in [0.4, 0.5) is 11.5 Å². The van der Waals surface area contributed by atoms with Gasteiger partial charge in [-0.15, -0.1) is 0 Å². The second kappa shape index (κ2) is 7.77. The Labute approximate surface area is 151 Å². The standard InChI is InChI=1S/C19H17ClN4O/c1-13-4-5-16(10-17(13)20)24-18-9-15(6-8-22-18)19(25)23-12-14-3-2-7-21-11-14/h2-11H,12H2,1H3,(H,22,24)(H,23,25). The van der Waals surface area contributed by atoms with E-state index in [0.29, 0.717) is 22.9 Å². The number of hydrogen-bond acceptors (Lipinski definition) is 4. The molecule has 0 aliphatic carbocycles. The van der Waals surface area contributed by atoms with Crippen LogP contribution >= 0.6 is 11.6 Å². The van der Waals surface area contributed by atoms with Crippen LogP contribution in [0.15, 0.2) is 61.1 Å². The van der Waals surface area contributed by atoms with Crippen LogP contribution in [0.1, 0.15) is 21.5 Å². The smallest absolute Gasteiger partial charge is 0.251 e. The maximum absolute atomic E-state index is 12.3. The molecule has 2 aromatic heterocycles. The summed E-state index contributed by atoms with van der Waals surface area (Å²) in [4.78, 5) is 20.6. The summed E-state index contributed by atoms with van der Waals surface area (Å²) in [5.41, 5.74) is 3.29. The third kappa shape index (κ3) is 4.55. The van der Waals surface area contributed by atoms with Crippen molar-refractivity contribution in [3.05, 3.63) is 82.8 Å². The Hall–Kier alpha value is -2.92. The van der Waals surface area contributed by atoms with Crippen LogP contribution in [0, 0.1) is 6.92 Å². The van der Waals surface area contributed by atoms with Crippen LogP contribution in [0.3, 0.4) is 0 Å². The number of nitrogens with one attached hydrogen (secondary N) is 2. The normalized spacial score (nSPS) is 10.3. The fourth-order valence-corrected chi connectivity index (χ4v) is 2.43. The van der Waals surface area contributed by atoms with E-state index >= 15 is 0 Å². The van der Waals surface area contributed by atoms with Gasteiger partial charge in [-0.3, -0.25) is 9.78 Å². The first-order chi connectivity index (χ1) is 12.1. The second-order valence-corrected chi connectivity index (χ2v) is 5.97. The Kier molecular flexibility index (Phi) is 5.26. The number of rotatable bonds is 5. The summed E-state index contributed by atoms with van der Waals surface area (Å²) >= 11 is 6.13. The first-order valence-corrected chi connectivity index (χ1v) is 8.16. The average Bonchev–Trinajstić information content (AvgIpc) is 2.64. The number of anilines is 2. The molecule has 2 heterocycles. The first kappa shape index (κ1) is 16.9. The number of benzene rings is 1. The summed E-state index contributed by atoms with van der Waals surface area (Å²) in [6.45, 7) is 2.36. The van der Waals surface area contributed by atoms with E-state index in [1.54, 1.807) is 30.7 Å². The molecule has 0 spiro atoms. The quantitative estimate of drug-likeness (QED) is 0.725. The molecule has 3 aromatic rings. The average molecular weight is 353 g/mol. The summed E-state index contributed by atoms with van der Waals surface area (Å²) < 4.78 is 0. The van der Waals surface area contributed by atoms with Crippen molar-refractivity contribution in [1.29, 1.82) is 0 Å². The fourth-order valence-electron chi connectivity index (χ4n) is 2.25. The second-order valence-electron chi connectivity index (χ2n) is 5.56. The topological polar surface area (TPSA) is 66.9 Å². The number of nitrogens with zero attached hydrogens (tertiary/aromatic N) is 2. The number of hydrogen-bond donors (Lipinski definition) is 2. The summed E-state index contributed by atoms with van der Waals surface area (Å²) in [5, 5.41) is 6.70. The van der Waals surface area contributed by atoms with Gasteiger partial charge in [-0.2, -0.15) is 0 Å². The van der Waals surface area contributed by atoms with E-state index in [2.05, 4.69) is 20.6 Å². The van der Waals surface area contributed by atoms with Gasteiger partial charge < -0.3 is 10.6 Å². The van der Waals surface area contributed by atoms with Crippen LogP contribution < -0.4 is 10.6 Å². The maximum atomic E-state index is 12.3. The minimum absolute atomic E-state index is 0.170. The van der Waals surface area contributed by atoms with Gasteiger partial charge in [-0.05, 0) is 48.4 Å². The minimum Gasteiger partial charge on any atom is -0.348 e. The Bertz CT molecular complexity index is 884. The van der Waals surface area contributed by atoms with Crippen molar-refractivity contribution < 1.29 is 4.79 Å². The molecule has 126 valence electrons. The number of amides is 1. The first-order valence-electron chi connectivity index (χ1n) is 7.78. The highest BCUT2D eigenvalue weighted by Crippen LogP contribution is 2.22. The Morgan fingerprint density at radius 3 is 2.80 bits per heavy atom. The summed E-state index contributed by atoms with van der Waals surface area (Å²) in [7, 11) is 0. The molecular weight excluding hydrogens is 336 g/mol. The van der Waals surface area contributed by atoms with Crippen molar-refractivity contribution in [3.8, 4) is 0 Å². The van der Waals surface area contributed by atoms with Gasteiger partial charge in [0.2, 0.25) is 0 Å². The van der Waals surface area contributed by atoms with Gasteiger partial charge in [0.05, 0.1) is 0 Å². The molecule has 0 bridgehead atoms. The van der Waals surface area contributed by atoms with Gasteiger partial charge in [0.25, 0.3) is 5.91 Å². The fraction of sp³-hybridized carbons (Fsp3) is 0.105. The number of aromatic nitrogens is 2. The van der Waals surface area contributed by atoms with Gasteiger partial charge in [0.1, 0.15) is 5.82 Å². The van der Waals surface area contributed by atoms with Gasteiger partial charge in [0, 0.05) is 41.4 Å². The lowest BCUT2D eigenvalue weighted by atomic mass is 10.2. The highest BCUT2D eigenvalue weighted by molar-refractivity contribution is 6.31. The SMILES string of the molecule is Cc1ccc(Nc2cc(C(=O)NCc3cccnc3)ccn2)cc1Cl. The molecule has 0 atom stereocenters. The van der Waals surface area contributed by atoms with Gasteiger partial charge in [-0.1, -0.05) is 23.7 Å². The molecule has 0 aliphatic rings. The van der Waals surface area contributed by atoms with E-state index in [-0.39, 0.29) is 5.91 Å². The zero-order valence-corrected chi connectivity index (χ0v) is 14.4. The van der Waals surface area contributed by atoms with E-state index < -0.39 is 0 Å². The number of pyridine rings is 2. The predicted octanol–water partition coefficient (Wildman–Crippen LogP) is 4.11. The number of carbonyl (C=O) groups excluding carboxylic acids is 1. The van der Waals surface area contributed by atoms with Crippen LogP contribution in [-0.2, 0) is 6.54 Å². The predicted molar refractivity (Wildman–Crippen MR) is 99.1 cm³/mol. The maximum Gasteiger partial charge on any atom is 0.251 e. The molecule has 0 saturated heterocycles.